The summed E-state index contributed by atoms with van der Waals surface area (Å²) < 4.78 is 29.4. The van der Waals surface area contributed by atoms with Gasteiger partial charge >= 0.3 is 0 Å². The highest BCUT2D eigenvalue weighted by molar-refractivity contribution is 6.73. The van der Waals surface area contributed by atoms with Gasteiger partial charge in [0.2, 0.25) is 0 Å². The van der Waals surface area contributed by atoms with Crippen LogP contribution in [0.25, 0.3) is 17.1 Å². The molecule has 0 radical (unpaired) electrons. The normalized spacial score (nSPS) is 26.7. The van der Waals surface area contributed by atoms with Gasteiger partial charge in [-0.05, 0) is 73.7 Å². The van der Waals surface area contributed by atoms with Crippen LogP contribution in [0.4, 0.5) is 0 Å². The molecule has 6 rings (SSSR count). The topological polar surface area (TPSA) is 67.6 Å². The lowest BCUT2D eigenvalue weighted by molar-refractivity contribution is -0.206. The quantitative estimate of drug-likeness (QED) is 0.299. The number of rotatable bonds is 9. The van der Waals surface area contributed by atoms with Crippen molar-refractivity contribution < 1.29 is 18.6 Å². The van der Waals surface area contributed by atoms with Crippen LogP contribution in [0.5, 0.6) is 0 Å². The Morgan fingerprint density at radius 3 is 2.47 bits per heavy atom. The number of nitrogens with zero attached hydrogens (tertiary/aromatic N) is 3. The van der Waals surface area contributed by atoms with Gasteiger partial charge in [-0.3, -0.25) is 0 Å². The summed E-state index contributed by atoms with van der Waals surface area (Å²) in [6.07, 6.45) is 6.09. The van der Waals surface area contributed by atoms with Crippen molar-refractivity contribution in [3.63, 3.8) is 0 Å². The third kappa shape index (κ3) is 4.18. The summed E-state index contributed by atoms with van der Waals surface area (Å²) in [7, 11) is -1.98. The third-order valence-electron chi connectivity index (χ3n) is 8.90. The number of hydrogen-bond donors (Lipinski definition) is 0. The molecule has 7 nitrogen and oxygen atoms in total. The van der Waals surface area contributed by atoms with Crippen LogP contribution in [-0.4, -0.2) is 47.0 Å². The van der Waals surface area contributed by atoms with E-state index in [0.717, 1.165) is 47.7 Å². The molecule has 2 aliphatic heterocycles. The number of hydrogen-bond acceptors (Lipinski definition) is 6. The average Bonchev–Trinajstić information content (AvgIpc) is 3.57. The molecule has 0 amide bonds. The first kappa shape index (κ1) is 25.9. The molecule has 3 aromatic rings. The minimum Gasteiger partial charge on any atom is -0.407 e. The van der Waals surface area contributed by atoms with Crippen molar-refractivity contribution in [1.29, 1.82) is 0 Å². The maximum atomic E-state index is 7.27. The molecule has 0 N–H and O–H groups in total. The molecular weight excluding hydrogens is 494 g/mol. The molecule has 38 heavy (non-hydrogen) atoms. The number of aryl methyl sites for hydroxylation is 2. The van der Waals surface area contributed by atoms with Crippen LogP contribution in [0.3, 0.4) is 0 Å². The van der Waals surface area contributed by atoms with E-state index in [1.807, 2.05) is 26.1 Å². The largest absolute Gasteiger partial charge is 0.407 e. The lowest BCUT2D eigenvalue weighted by Gasteiger charge is -2.38. The lowest BCUT2D eigenvalue weighted by Crippen LogP contribution is -2.43. The summed E-state index contributed by atoms with van der Waals surface area (Å²) in [6, 6.07) is 12.1. The minimum atomic E-state index is -1.98. The predicted octanol–water partition coefficient (Wildman–Crippen LogP) is 6.35. The van der Waals surface area contributed by atoms with Crippen molar-refractivity contribution in [2.45, 2.75) is 102 Å². The summed E-state index contributed by atoms with van der Waals surface area (Å²) in [5, 5.41) is 0.939. The van der Waals surface area contributed by atoms with Gasteiger partial charge in [-0.15, -0.1) is 0 Å². The second kappa shape index (κ2) is 9.68. The molecule has 4 heterocycles. The van der Waals surface area contributed by atoms with E-state index in [1.54, 1.807) is 12.4 Å². The molecule has 0 spiro atoms. The molecule has 1 aliphatic carbocycles. The Labute approximate surface area is 226 Å². The fraction of sp³-hybridized carbons (Fsp3) is 0.533. The minimum absolute atomic E-state index is 0.234. The highest BCUT2D eigenvalue weighted by Crippen LogP contribution is 2.49. The van der Waals surface area contributed by atoms with E-state index in [2.05, 4.69) is 60.1 Å². The summed E-state index contributed by atoms with van der Waals surface area (Å²) in [4.78, 5) is 8.98. The first-order valence-electron chi connectivity index (χ1n) is 14.1. The Morgan fingerprint density at radius 1 is 1.08 bits per heavy atom. The van der Waals surface area contributed by atoms with E-state index in [4.69, 9.17) is 18.6 Å². The molecule has 5 atom stereocenters. The van der Waals surface area contributed by atoms with Gasteiger partial charge in [0.05, 0.1) is 11.8 Å². The van der Waals surface area contributed by atoms with Crippen LogP contribution in [0.1, 0.15) is 69.3 Å². The van der Waals surface area contributed by atoms with Crippen LogP contribution < -0.4 is 0 Å². The van der Waals surface area contributed by atoms with Gasteiger partial charge < -0.3 is 23.2 Å². The molecule has 2 saturated heterocycles. The van der Waals surface area contributed by atoms with Crippen LogP contribution in [0.2, 0.25) is 18.1 Å². The van der Waals surface area contributed by atoms with Crippen molar-refractivity contribution in [3.8, 4) is 0 Å². The number of fused-ring (bicyclic) bond motifs is 3. The van der Waals surface area contributed by atoms with Crippen LogP contribution in [-0.2, 0) is 31.5 Å². The second-order valence-corrected chi connectivity index (χ2v) is 16.0. The standard InChI is InChI=1S/C30H39N3O4Si/c1-7-23-22-15-16-33(28(22)32-18-31-23)29-27-26(35-30(5,6)36-27)25(34-29)24(37-38(8-2,9-3)10-4)21-14-12-19-11-13-20(19)17-21/h7,12,14-18,24-27,29H,1,8-11,13H2,2-6H3/t24?,25-,26-,27-,29-/m1/s1. The Kier molecular flexibility index (Phi) is 6.59. The van der Waals surface area contributed by atoms with Crippen LogP contribution in [0.15, 0.2) is 43.4 Å². The maximum Gasteiger partial charge on any atom is 0.193 e. The molecule has 0 saturated carbocycles. The molecule has 2 fully saturated rings. The van der Waals surface area contributed by atoms with Crippen LogP contribution >= 0.6 is 0 Å². The van der Waals surface area contributed by atoms with Gasteiger partial charge in [0, 0.05) is 11.6 Å². The highest BCUT2D eigenvalue weighted by Gasteiger charge is 2.59. The second-order valence-electron chi connectivity index (χ2n) is 11.3. The number of benzene rings is 1. The first-order chi connectivity index (χ1) is 18.3. The van der Waals surface area contributed by atoms with Gasteiger partial charge in [0.15, 0.2) is 20.3 Å². The maximum absolute atomic E-state index is 7.27. The lowest BCUT2D eigenvalue weighted by atomic mass is 9.85. The van der Waals surface area contributed by atoms with Crippen molar-refractivity contribution in [2.24, 2.45) is 0 Å². The highest BCUT2D eigenvalue weighted by atomic mass is 28.4. The predicted molar refractivity (Wildman–Crippen MR) is 150 cm³/mol. The molecule has 8 heteroatoms. The molecule has 3 aliphatic rings. The zero-order valence-corrected chi connectivity index (χ0v) is 24.1. The Hall–Kier alpha value is -2.36. The van der Waals surface area contributed by atoms with Gasteiger partial charge in [-0.25, -0.2) is 9.97 Å². The van der Waals surface area contributed by atoms with Crippen molar-refractivity contribution >= 4 is 25.4 Å². The summed E-state index contributed by atoms with van der Waals surface area (Å²) in [5.74, 6) is -0.723. The fourth-order valence-corrected chi connectivity index (χ4v) is 9.23. The Morgan fingerprint density at radius 2 is 1.82 bits per heavy atom. The van der Waals surface area contributed by atoms with Crippen LogP contribution in [0, 0.1) is 0 Å². The third-order valence-corrected chi connectivity index (χ3v) is 13.5. The van der Waals surface area contributed by atoms with E-state index >= 15 is 0 Å². The number of ether oxygens (including phenoxy) is 3. The summed E-state index contributed by atoms with van der Waals surface area (Å²) >= 11 is 0. The fourth-order valence-electron chi connectivity index (χ4n) is 6.42. The van der Waals surface area contributed by atoms with Gasteiger partial charge in [-0.2, -0.15) is 0 Å². The summed E-state index contributed by atoms with van der Waals surface area (Å²) in [5.41, 5.74) is 5.65. The van der Waals surface area contributed by atoms with E-state index in [-0.39, 0.29) is 24.4 Å². The van der Waals surface area contributed by atoms with E-state index in [1.165, 1.54) is 16.7 Å². The zero-order valence-electron chi connectivity index (χ0n) is 23.1. The van der Waals surface area contributed by atoms with Crippen molar-refractivity contribution in [3.05, 3.63) is 65.8 Å². The molecule has 1 aromatic carbocycles. The number of aromatic nitrogens is 3. The van der Waals surface area contributed by atoms with Gasteiger partial charge in [-0.1, -0.05) is 45.5 Å². The van der Waals surface area contributed by atoms with Gasteiger partial charge in [0.1, 0.15) is 30.3 Å². The SMILES string of the molecule is C=Cc1ncnc2c1ccn2[C@@H]1O[C@H](C(O[Si](CC)(CC)CC)c2ccc3c(c2)CC3)[C@H]2OC(C)(C)O[C@H]21. The molecule has 1 unspecified atom stereocenters. The average molecular weight is 534 g/mol. The van der Waals surface area contributed by atoms with E-state index < -0.39 is 20.3 Å². The molecule has 2 aromatic heterocycles. The van der Waals surface area contributed by atoms with E-state index in [0.29, 0.717) is 0 Å². The van der Waals surface area contributed by atoms with Crippen molar-refractivity contribution in [2.75, 3.05) is 0 Å². The van der Waals surface area contributed by atoms with E-state index in [9.17, 15) is 0 Å². The van der Waals surface area contributed by atoms with Crippen molar-refractivity contribution in [1.82, 2.24) is 14.5 Å². The smallest absolute Gasteiger partial charge is 0.193 e. The van der Waals surface area contributed by atoms with Gasteiger partial charge in [0.25, 0.3) is 0 Å². The zero-order chi connectivity index (χ0) is 26.7. The first-order valence-corrected chi connectivity index (χ1v) is 16.6. The molecular formula is C30H39N3O4Si. The Bertz CT molecular complexity index is 1340. The molecule has 202 valence electrons. The molecule has 0 bridgehead atoms. The Balaban J connectivity index is 1.44. The summed E-state index contributed by atoms with van der Waals surface area (Å²) in [6.45, 7) is 14.7. The monoisotopic (exact) mass is 533 g/mol.